The number of amides is 1. The molecule has 0 atom stereocenters. The van der Waals surface area contributed by atoms with Crippen LogP contribution in [-0.2, 0) is 21.0 Å². The number of hydrogen-bond donors (Lipinski definition) is 2. The van der Waals surface area contributed by atoms with Gasteiger partial charge in [0.1, 0.15) is 28.4 Å². The van der Waals surface area contributed by atoms with Crippen LogP contribution < -0.4 is 14.8 Å². The lowest BCUT2D eigenvalue weighted by Gasteiger charge is -2.18. The van der Waals surface area contributed by atoms with Gasteiger partial charge in [-0.2, -0.15) is 18.1 Å². The summed E-state index contributed by atoms with van der Waals surface area (Å²) in [6.45, 7) is 0. The molecule has 2 rings (SSSR count). The molecule has 0 heterocycles. The van der Waals surface area contributed by atoms with Gasteiger partial charge < -0.3 is 25.1 Å². The highest BCUT2D eigenvalue weighted by atomic mass is 35.5. The Balaban J connectivity index is 2.53. The summed E-state index contributed by atoms with van der Waals surface area (Å²) in [5, 5.41) is 12.0. The van der Waals surface area contributed by atoms with Crippen molar-refractivity contribution in [3.8, 4) is 17.2 Å². The molecule has 0 saturated carbocycles. The lowest BCUT2D eigenvalue weighted by Crippen LogP contribution is -2.25. The first kappa shape index (κ1) is 29.4. The van der Waals surface area contributed by atoms with E-state index in [1.807, 2.05) is 5.32 Å². The molecule has 0 aliphatic rings. The normalized spacial score (nSPS) is 12.4. The Morgan fingerprint density at radius 3 is 2.24 bits per heavy atom. The highest BCUT2D eigenvalue weighted by Crippen LogP contribution is 2.42. The fourth-order valence-electron chi connectivity index (χ4n) is 2.55. The molecule has 2 aromatic rings. The number of carbonyl (C=O) groups is 1. The SMILES string of the molecule is COOO/C=C(\C=C/C=N)NC(=O)c1c(Oc2ccc(OC(F)(F)F)cc2)cc(Cl)c(C(F)(F)F)c1F. The Morgan fingerprint density at radius 2 is 1.70 bits per heavy atom. The molecule has 0 aromatic heterocycles. The second-order valence-corrected chi connectivity index (χ2v) is 6.83. The van der Waals surface area contributed by atoms with Gasteiger partial charge in [0.2, 0.25) is 0 Å². The first-order valence-corrected chi connectivity index (χ1v) is 9.82. The number of halogens is 8. The lowest BCUT2D eigenvalue weighted by molar-refractivity contribution is -0.478. The fourth-order valence-corrected chi connectivity index (χ4v) is 2.84. The van der Waals surface area contributed by atoms with E-state index in [1.54, 1.807) is 0 Å². The molecule has 2 aromatic carbocycles. The quantitative estimate of drug-likeness (QED) is 0.0659. The summed E-state index contributed by atoms with van der Waals surface area (Å²) in [6.07, 6.45) is -6.76. The van der Waals surface area contributed by atoms with Crippen LogP contribution in [0.15, 0.2) is 54.4 Å². The zero-order valence-corrected chi connectivity index (χ0v) is 18.9. The van der Waals surface area contributed by atoms with Crippen molar-refractivity contribution in [1.29, 1.82) is 5.41 Å². The third kappa shape index (κ3) is 8.66. The van der Waals surface area contributed by atoms with Crippen molar-refractivity contribution in [1.82, 2.24) is 5.32 Å². The summed E-state index contributed by atoms with van der Waals surface area (Å²) in [4.78, 5) is 21.4. The van der Waals surface area contributed by atoms with Gasteiger partial charge in [-0.25, -0.2) is 4.39 Å². The second-order valence-electron chi connectivity index (χ2n) is 6.42. The van der Waals surface area contributed by atoms with E-state index in [0.717, 1.165) is 49.7 Å². The first-order valence-electron chi connectivity index (χ1n) is 9.44. The Kier molecular flexibility index (Phi) is 9.88. The highest BCUT2D eigenvalue weighted by Gasteiger charge is 2.40. The van der Waals surface area contributed by atoms with Gasteiger partial charge in [-0.3, -0.25) is 4.79 Å². The molecule has 16 heteroatoms. The summed E-state index contributed by atoms with van der Waals surface area (Å²) in [5.74, 6) is -5.37. The zero-order valence-electron chi connectivity index (χ0n) is 18.2. The van der Waals surface area contributed by atoms with Crippen LogP contribution in [0, 0.1) is 11.2 Å². The van der Waals surface area contributed by atoms with Gasteiger partial charge in [0.25, 0.3) is 5.91 Å². The van der Waals surface area contributed by atoms with E-state index < -0.39 is 51.9 Å². The highest BCUT2D eigenvalue weighted by molar-refractivity contribution is 6.31. The van der Waals surface area contributed by atoms with E-state index >= 15 is 4.39 Å². The number of alkyl halides is 6. The molecule has 37 heavy (non-hydrogen) atoms. The van der Waals surface area contributed by atoms with Crippen molar-refractivity contribution in [3.05, 3.63) is 76.4 Å². The average molecular weight is 559 g/mol. The standard InChI is InChI=1S/C21H14ClF7N2O6/c1-33-37-34-10-11(3-2-8-30)31-19(32)16-15(9-14(22)17(18(16)23)20(24,25)26)35-12-4-6-13(7-5-12)36-21(27,28)29/h2-10,30H,1H3,(H,31,32)/b3-2-,11-10+,30-8?. The molecule has 1 amide bonds. The van der Waals surface area contributed by atoms with E-state index in [1.165, 1.54) is 0 Å². The van der Waals surface area contributed by atoms with Crippen LogP contribution in [0.1, 0.15) is 15.9 Å². The van der Waals surface area contributed by atoms with Crippen LogP contribution in [0.3, 0.4) is 0 Å². The van der Waals surface area contributed by atoms with Crippen molar-refractivity contribution in [2.75, 3.05) is 7.11 Å². The largest absolute Gasteiger partial charge is 0.573 e. The summed E-state index contributed by atoms with van der Waals surface area (Å²) in [5.41, 5.74) is -3.58. The van der Waals surface area contributed by atoms with Crippen LogP contribution in [-0.4, -0.2) is 25.6 Å². The molecule has 0 aliphatic carbocycles. The zero-order chi connectivity index (χ0) is 27.8. The van der Waals surface area contributed by atoms with Gasteiger partial charge in [-0.1, -0.05) is 11.6 Å². The maximum Gasteiger partial charge on any atom is 0.573 e. The summed E-state index contributed by atoms with van der Waals surface area (Å²) < 4.78 is 101. The summed E-state index contributed by atoms with van der Waals surface area (Å²) in [6, 6.07) is 3.95. The Bertz CT molecular complexity index is 1180. The van der Waals surface area contributed by atoms with Gasteiger partial charge >= 0.3 is 12.5 Å². The third-order valence-corrected chi connectivity index (χ3v) is 4.19. The van der Waals surface area contributed by atoms with Crippen LogP contribution in [0.5, 0.6) is 17.2 Å². The predicted octanol–water partition coefficient (Wildman–Crippen LogP) is 6.48. The molecular formula is C21H14ClF7N2O6. The monoisotopic (exact) mass is 558 g/mol. The van der Waals surface area contributed by atoms with Crippen molar-refractivity contribution >= 4 is 23.7 Å². The number of benzene rings is 2. The van der Waals surface area contributed by atoms with Crippen LogP contribution in [0.4, 0.5) is 30.7 Å². The molecule has 0 saturated heterocycles. The molecule has 0 aliphatic heterocycles. The number of hydrogen-bond acceptors (Lipinski definition) is 7. The van der Waals surface area contributed by atoms with Crippen LogP contribution in [0.25, 0.3) is 0 Å². The van der Waals surface area contributed by atoms with Gasteiger partial charge in [-0.15, -0.1) is 13.2 Å². The van der Waals surface area contributed by atoms with Gasteiger partial charge in [-0.05, 0) is 41.5 Å². The van der Waals surface area contributed by atoms with Crippen molar-refractivity contribution in [2.24, 2.45) is 0 Å². The van der Waals surface area contributed by atoms with E-state index in [-0.39, 0.29) is 11.4 Å². The third-order valence-electron chi connectivity index (χ3n) is 3.89. The lowest BCUT2D eigenvalue weighted by atomic mass is 10.1. The molecule has 0 fully saturated rings. The minimum Gasteiger partial charge on any atom is -0.456 e. The van der Waals surface area contributed by atoms with Crippen LogP contribution >= 0.6 is 11.6 Å². The number of nitrogens with one attached hydrogen (secondary N) is 2. The molecule has 0 unspecified atom stereocenters. The van der Waals surface area contributed by atoms with Gasteiger partial charge in [0.05, 0.1) is 17.8 Å². The van der Waals surface area contributed by atoms with Gasteiger partial charge in [0, 0.05) is 12.3 Å². The Hall–Kier alpha value is -3.82. The molecule has 200 valence electrons. The van der Waals surface area contributed by atoms with Gasteiger partial charge in [0.15, 0.2) is 12.1 Å². The minimum atomic E-state index is -5.32. The molecule has 8 nitrogen and oxygen atoms in total. The molecule has 2 N–H and O–H groups in total. The maximum absolute atomic E-state index is 15.1. The van der Waals surface area contributed by atoms with Crippen molar-refractivity contribution < 1.29 is 59.8 Å². The van der Waals surface area contributed by atoms with E-state index in [4.69, 9.17) is 21.7 Å². The minimum absolute atomic E-state index is 0.310. The Morgan fingerprint density at radius 1 is 1.08 bits per heavy atom. The maximum atomic E-state index is 15.1. The fraction of sp³-hybridized carbons (Fsp3) is 0.143. The molecular weight excluding hydrogens is 545 g/mol. The molecule has 0 radical (unpaired) electrons. The number of carbonyl (C=O) groups excluding carboxylic acids is 1. The van der Waals surface area contributed by atoms with Crippen molar-refractivity contribution in [3.63, 3.8) is 0 Å². The Labute approximate surface area is 208 Å². The number of ether oxygens (including phenoxy) is 2. The van der Waals surface area contributed by atoms with Crippen molar-refractivity contribution in [2.45, 2.75) is 12.5 Å². The summed E-state index contributed by atoms with van der Waals surface area (Å²) >= 11 is 5.60. The van der Waals surface area contributed by atoms with E-state index in [2.05, 4.69) is 19.6 Å². The first-order chi connectivity index (χ1) is 17.3. The number of rotatable bonds is 10. The average Bonchev–Trinajstić information content (AvgIpc) is 2.76. The van der Waals surface area contributed by atoms with E-state index in [9.17, 15) is 31.1 Å². The number of allylic oxidation sites excluding steroid dienone is 2. The van der Waals surface area contributed by atoms with E-state index in [0.29, 0.717) is 12.3 Å². The second kappa shape index (κ2) is 12.4. The topological polar surface area (TPSA) is 99.1 Å². The van der Waals surface area contributed by atoms with Crippen LogP contribution in [0.2, 0.25) is 5.02 Å². The molecule has 0 bridgehead atoms. The molecule has 0 spiro atoms. The summed E-state index contributed by atoms with van der Waals surface area (Å²) in [7, 11) is 1.06. The predicted molar refractivity (Wildman–Crippen MR) is 112 cm³/mol. The smallest absolute Gasteiger partial charge is 0.456 e.